The summed E-state index contributed by atoms with van der Waals surface area (Å²) in [6.45, 7) is 8.96. The van der Waals surface area contributed by atoms with Crippen molar-refractivity contribution in [1.29, 1.82) is 0 Å². The van der Waals surface area contributed by atoms with Gasteiger partial charge < -0.3 is 14.5 Å². The number of anilines is 1. The molecule has 2 heterocycles. The fourth-order valence-electron chi connectivity index (χ4n) is 3.25. The van der Waals surface area contributed by atoms with Crippen LogP contribution >= 0.6 is 11.6 Å². The first-order valence-electron chi connectivity index (χ1n) is 8.44. The summed E-state index contributed by atoms with van der Waals surface area (Å²) >= 11 is 6.05. The van der Waals surface area contributed by atoms with E-state index in [1.807, 2.05) is 22.8 Å². The predicted octanol–water partition coefficient (Wildman–Crippen LogP) is 3.74. The van der Waals surface area contributed by atoms with E-state index in [0.29, 0.717) is 48.5 Å². The number of morpholine rings is 1. The quantitative estimate of drug-likeness (QED) is 0.589. The van der Waals surface area contributed by atoms with Gasteiger partial charge in [0.15, 0.2) is 5.82 Å². The minimum Gasteiger partial charge on any atom is -0.378 e. The highest BCUT2D eigenvalue weighted by molar-refractivity contribution is 6.29. The Morgan fingerprint density at radius 2 is 2.20 bits per heavy atom. The molecule has 1 aliphatic heterocycles. The van der Waals surface area contributed by atoms with Gasteiger partial charge in [-0.2, -0.15) is 0 Å². The average molecular weight is 365 g/mol. The molecule has 5 nitrogen and oxygen atoms in total. The van der Waals surface area contributed by atoms with Crippen LogP contribution in [-0.4, -0.2) is 55.5 Å². The first kappa shape index (κ1) is 17.9. The van der Waals surface area contributed by atoms with E-state index in [1.165, 1.54) is 0 Å². The minimum absolute atomic E-state index is 0.138. The monoisotopic (exact) mass is 364 g/mol. The lowest BCUT2D eigenvalue weighted by Crippen LogP contribution is -2.39. The van der Waals surface area contributed by atoms with Crippen LogP contribution in [0.3, 0.4) is 0 Å². The Hall–Kier alpha value is -1.92. The number of nitrogens with zero attached hydrogens (tertiary/aromatic N) is 4. The van der Waals surface area contributed by atoms with Crippen molar-refractivity contribution in [1.82, 2.24) is 9.88 Å². The van der Waals surface area contributed by atoms with Crippen LogP contribution in [0.25, 0.3) is 0 Å². The van der Waals surface area contributed by atoms with Gasteiger partial charge in [-0.25, -0.2) is 9.37 Å². The SMILES string of the molecule is C=Nc1ccc(Cl)nc1N(CC)C1C=C(F)C(N2CCOCC2)=CC1. The lowest BCUT2D eigenvalue weighted by molar-refractivity contribution is 0.0531. The van der Waals surface area contributed by atoms with Crippen molar-refractivity contribution in [3.8, 4) is 0 Å². The largest absolute Gasteiger partial charge is 0.378 e. The molecule has 0 spiro atoms. The predicted molar refractivity (Wildman–Crippen MR) is 99.5 cm³/mol. The summed E-state index contributed by atoms with van der Waals surface area (Å²) in [6.07, 6.45) is 4.31. The summed E-state index contributed by atoms with van der Waals surface area (Å²) < 4.78 is 20.1. The highest BCUT2D eigenvalue weighted by Gasteiger charge is 2.26. The zero-order valence-corrected chi connectivity index (χ0v) is 15.0. The Labute approximate surface area is 152 Å². The fraction of sp³-hybridized carbons (Fsp3) is 0.444. The number of pyridine rings is 1. The second-order valence-electron chi connectivity index (χ2n) is 5.93. The van der Waals surface area contributed by atoms with Crippen molar-refractivity contribution in [2.45, 2.75) is 19.4 Å². The summed E-state index contributed by atoms with van der Waals surface area (Å²) in [5.41, 5.74) is 1.31. The van der Waals surface area contributed by atoms with Gasteiger partial charge in [-0.05, 0) is 38.3 Å². The number of aromatic nitrogens is 1. The molecule has 1 aliphatic carbocycles. The molecule has 7 heteroatoms. The molecule has 1 fully saturated rings. The molecule has 0 radical (unpaired) electrons. The molecule has 0 bridgehead atoms. The van der Waals surface area contributed by atoms with Gasteiger partial charge in [0.2, 0.25) is 0 Å². The van der Waals surface area contributed by atoms with Gasteiger partial charge in [0.25, 0.3) is 0 Å². The van der Waals surface area contributed by atoms with E-state index in [4.69, 9.17) is 16.3 Å². The Morgan fingerprint density at radius 3 is 2.84 bits per heavy atom. The van der Waals surface area contributed by atoms with Crippen LogP contribution in [0.5, 0.6) is 0 Å². The summed E-state index contributed by atoms with van der Waals surface area (Å²) in [4.78, 5) is 12.4. The number of hydrogen-bond donors (Lipinski definition) is 0. The summed E-state index contributed by atoms with van der Waals surface area (Å²) in [6, 6.07) is 3.32. The first-order valence-corrected chi connectivity index (χ1v) is 8.82. The molecule has 3 rings (SSSR count). The van der Waals surface area contributed by atoms with Gasteiger partial charge in [0.05, 0.1) is 25.0 Å². The van der Waals surface area contributed by atoms with Crippen molar-refractivity contribution in [2.75, 3.05) is 37.7 Å². The topological polar surface area (TPSA) is 41.0 Å². The molecule has 134 valence electrons. The van der Waals surface area contributed by atoms with Crippen molar-refractivity contribution < 1.29 is 9.13 Å². The zero-order chi connectivity index (χ0) is 17.8. The van der Waals surface area contributed by atoms with Crippen molar-refractivity contribution in [2.24, 2.45) is 4.99 Å². The van der Waals surface area contributed by atoms with E-state index in [0.717, 1.165) is 13.1 Å². The lowest BCUT2D eigenvalue weighted by atomic mass is 10.0. The number of aliphatic imine (C=N–C) groups is 1. The summed E-state index contributed by atoms with van der Waals surface area (Å²) in [5, 5.41) is 0.380. The van der Waals surface area contributed by atoms with Gasteiger partial charge in [-0.15, -0.1) is 0 Å². The van der Waals surface area contributed by atoms with Gasteiger partial charge in [0, 0.05) is 19.6 Å². The van der Waals surface area contributed by atoms with Crippen molar-refractivity contribution >= 4 is 29.8 Å². The van der Waals surface area contributed by atoms with Gasteiger partial charge >= 0.3 is 0 Å². The highest BCUT2D eigenvalue weighted by Crippen LogP contribution is 2.33. The molecule has 1 unspecified atom stereocenters. The molecule has 0 N–H and O–H groups in total. The molecule has 0 saturated carbocycles. The van der Waals surface area contributed by atoms with E-state index < -0.39 is 0 Å². The van der Waals surface area contributed by atoms with Crippen LogP contribution in [-0.2, 0) is 4.74 Å². The molecule has 0 aromatic carbocycles. The number of likely N-dealkylation sites (N-methyl/N-ethyl adjacent to an activating group) is 1. The maximum Gasteiger partial charge on any atom is 0.156 e. The van der Waals surface area contributed by atoms with Crippen LogP contribution in [0.15, 0.2) is 40.8 Å². The molecule has 1 aromatic heterocycles. The van der Waals surface area contributed by atoms with E-state index in [9.17, 15) is 4.39 Å². The summed E-state index contributed by atoms with van der Waals surface area (Å²) in [5.74, 6) is 0.425. The van der Waals surface area contributed by atoms with E-state index >= 15 is 0 Å². The molecule has 2 aliphatic rings. The minimum atomic E-state index is -0.202. The summed E-state index contributed by atoms with van der Waals surface area (Å²) in [7, 11) is 0. The van der Waals surface area contributed by atoms with Gasteiger partial charge in [-0.1, -0.05) is 17.7 Å². The average Bonchev–Trinajstić information content (AvgIpc) is 2.63. The number of halogens is 2. The molecule has 1 saturated heterocycles. The smallest absolute Gasteiger partial charge is 0.156 e. The van der Waals surface area contributed by atoms with Crippen LogP contribution < -0.4 is 4.90 Å². The third-order valence-corrected chi connectivity index (χ3v) is 4.70. The normalized spacial score (nSPS) is 20.8. The lowest BCUT2D eigenvalue weighted by Gasteiger charge is -2.35. The van der Waals surface area contributed by atoms with E-state index in [1.54, 1.807) is 18.2 Å². The van der Waals surface area contributed by atoms with E-state index in [-0.39, 0.29) is 11.9 Å². The molecule has 0 amide bonds. The molecular weight excluding hydrogens is 343 g/mol. The van der Waals surface area contributed by atoms with Crippen molar-refractivity contribution in [3.63, 3.8) is 0 Å². The number of rotatable bonds is 5. The Balaban J connectivity index is 1.83. The zero-order valence-electron chi connectivity index (χ0n) is 14.3. The Kier molecular flexibility index (Phi) is 5.71. The molecule has 25 heavy (non-hydrogen) atoms. The molecule has 1 atom stereocenters. The van der Waals surface area contributed by atoms with Crippen LogP contribution in [0.1, 0.15) is 13.3 Å². The third-order valence-electron chi connectivity index (χ3n) is 4.49. The Bertz CT molecular complexity index is 700. The maximum atomic E-state index is 14.8. The number of allylic oxidation sites excluding steroid dienone is 1. The van der Waals surface area contributed by atoms with Crippen molar-refractivity contribution in [3.05, 3.63) is 41.0 Å². The van der Waals surface area contributed by atoms with Gasteiger partial charge in [-0.3, -0.25) is 4.99 Å². The standard InChI is InChI=1S/C18H22ClFN4O/c1-3-24(18-15(21-2)5-7-17(19)22-18)13-4-6-16(14(20)12-13)23-8-10-25-11-9-23/h5-7,12-13H,2-4,8-11H2,1H3. The maximum absolute atomic E-state index is 14.8. The van der Waals surface area contributed by atoms with Crippen LogP contribution in [0, 0.1) is 0 Å². The highest BCUT2D eigenvalue weighted by atomic mass is 35.5. The third kappa shape index (κ3) is 3.85. The van der Waals surface area contributed by atoms with Crippen LogP contribution in [0.4, 0.5) is 15.9 Å². The second kappa shape index (κ2) is 7.97. The molecular formula is C18H22ClFN4O. The molecule has 1 aromatic rings. The second-order valence-corrected chi connectivity index (χ2v) is 6.31. The van der Waals surface area contributed by atoms with Gasteiger partial charge in [0.1, 0.15) is 16.7 Å². The number of hydrogen-bond acceptors (Lipinski definition) is 5. The number of ether oxygens (including phenoxy) is 1. The fourth-order valence-corrected chi connectivity index (χ4v) is 3.39. The Morgan fingerprint density at radius 1 is 1.44 bits per heavy atom. The van der Waals surface area contributed by atoms with Crippen LogP contribution in [0.2, 0.25) is 5.15 Å². The van der Waals surface area contributed by atoms with E-state index in [2.05, 4.69) is 16.7 Å². The first-order chi connectivity index (χ1) is 12.1.